The number of amides is 2. The summed E-state index contributed by atoms with van der Waals surface area (Å²) in [6, 6.07) is 22.9. The van der Waals surface area contributed by atoms with Crippen molar-refractivity contribution in [2.45, 2.75) is 6.54 Å². The summed E-state index contributed by atoms with van der Waals surface area (Å²) in [6.07, 6.45) is 0. The van der Waals surface area contributed by atoms with E-state index in [0.717, 1.165) is 11.1 Å². The van der Waals surface area contributed by atoms with Gasteiger partial charge in [-0.2, -0.15) is 9.90 Å². The SMILES string of the molecule is O=C(NNC(=O)c1n[nH]c(=O)c2ccccc12)c1ccc(Cn2nnc(-c3ccccc3)n2)cc1. The summed E-state index contributed by atoms with van der Waals surface area (Å²) in [5, 5.41) is 19.3. The van der Waals surface area contributed by atoms with Gasteiger partial charge >= 0.3 is 0 Å². The molecule has 0 unspecified atom stereocenters. The molecule has 0 fully saturated rings. The zero-order chi connectivity index (χ0) is 24.2. The molecule has 2 heterocycles. The number of H-pyrrole nitrogens is 1. The van der Waals surface area contributed by atoms with Crippen molar-refractivity contribution in [1.29, 1.82) is 0 Å². The lowest BCUT2D eigenvalue weighted by atomic mass is 10.1. The van der Waals surface area contributed by atoms with Crippen LogP contribution in [0.25, 0.3) is 22.2 Å². The molecule has 0 bridgehead atoms. The van der Waals surface area contributed by atoms with E-state index in [0.29, 0.717) is 28.7 Å². The number of benzene rings is 3. The smallest absolute Gasteiger partial charge is 0.267 e. The van der Waals surface area contributed by atoms with Gasteiger partial charge in [-0.3, -0.25) is 25.2 Å². The number of carbonyl (C=O) groups is 2. The Hall–Kier alpha value is -5.19. The van der Waals surface area contributed by atoms with E-state index in [9.17, 15) is 14.4 Å². The highest BCUT2D eigenvalue weighted by molar-refractivity contribution is 6.05. The summed E-state index contributed by atoms with van der Waals surface area (Å²) in [4.78, 5) is 38.4. The fourth-order valence-corrected chi connectivity index (χ4v) is 3.47. The minimum absolute atomic E-state index is 0.00829. The maximum atomic E-state index is 12.5. The average molecular weight is 466 g/mol. The summed E-state index contributed by atoms with van der Waals surface area (Å²) in [7, 11) is 0. The van der Waals surface area contributed by atoms with Gasteiger partial charge in [0.1, 0.15) is 0 Å². The molecule has 5 aromatic rings. The lowest BCUT2D eigenvalue weighted by Gasteiger charge is -2.09. The fraction of sp³-hybridized carbons (Fsp3) is 0.0417. The minimum Gasteiger partial charge on any atom is -0.267 e. The number of carbonyl (C=O) groups excluding carboxylic acids is 2. The Bertz CT molecular complexity index is 1580. The number of nitrogens with zero attached hydrogens (tertiary/aromatic N) is 5. The number of tetrazole rings is 1. The van der Waals surface area contributed by atoms with Gasteiger partial charge < -0.3 is 0 Å². The van der Waals surface area contributed by atoms with Crippen LogP contribution >= 0.6 is 0 Å². The molecule has 0 saturated carbocycles. The Labute approximate surface area is 197 Å². The van der Waals surface area contributed by atoms with Crippen molar-refractivity contribution in [2.75, 3.05) is 0 Å². The van der Waals surface area contributed by atoms with Crippen molar-refractivity contribution >= 4 is 22.6 Å². The van der Waals surface area contributed by atoms with Crippen molar-refractivity contribution in [3.8, 4) is 11.4 Å². The lowest BCUT2D eigenvalue weighted by molar-refractivity contribution is 0.0844. The lowest BCUT2D eigenvalue weighted by Crippen LogP contribution is -2.42. The highest BCUT2D eigenvalue weighted by Crippen LogP contribution is 2.13. The maximum Gasteiger partial charge on any atom is 0.290 e. The van der Waals surface area contributed by atoms with Gasteiger partial charge in [-0.05, 0) is 29.0 Å². The molecule has 3 aromatic carbocycles. The van der Waals surface area contributed by atoms with Gasteiger partial charge in [0.25, 0.3) is 17.4 Å². The van der Waals surface area contributed by atoms with Crippen LogP contribution < -0.4 is 16.4 Å². The van der Waals surface area contributed by atoms with Crippen molar-refractivity contribution in [2.24, 2.45) is 0 Å². The maximum absolute atomic E-state index is 12.5. The van der Waals surface area contributed by atoms with E-state index in [4.69, 9.17) is 0 Å². The Morgan fingerprint density at radius 1 is 0.829 bits per heavy atom. The molecule has 0 aliphatic rings. The number of fused-ring (bicyclic) bond motifs is 1. The molecule has 0 aliphatic carbocycles. The van der Waals surface area contributed by atoms with Crippen molar-refractivity contribution in [1.82, 2.24) is 41.3 Å². The van der Waals surface area contributed by atoms with Gasteiger partial charge in [0.15, 0.2) is 5.69 Å². The van der Waals surface area contributed by atoms with Gasteiger partial charge in [-0.25, -0.2) is 5.10 Å². The first-order chi connectivity index (χ1) is 17.1. The molecule has 0 radical (unpaired) electrons. The first kappa shape index (κ1) is 21.6. The van der Waals surface area contributed by atoms with Crippen LogP contribution in [0, 0.1) is 0 Å². The third-order valence-electron chi connectivity index (χ3n) is 5.23. The van der Waals surface area contributed by atoms with E-state index in [-0.39, 0.29) is 5.69 Å². The molecule has 11 nitrogen and oxygen atoms in total. The van der Waals surface area contributed by atoms with Crippen LogP contribution in [0.4, 0.5) is 0 Å². The number of rotatable bonds is 5. The van der Waals surface area contributed by atoms with Crippen molar-refractivity contribution in [3.05, 3.63) is 106 Å². The van der Waals surface area contributed by atoms with Crippen LogP contribution in [-0.2, 0) is 6.54 Å². The van der Waals surface area contributed by atoms with Gasteiger partial charge in [0, 0.05) is 16.5 Å². The monoisotopic (exact) mass is 466 g/mol. The number of hydrogen-bond donors (Lipinski definition) is 3. The molecule has 0 aliphatic heterocycles. The van der Waals surface area contributed by atoms with Crippen LogP contribution in [0.5, 0.6) is 0 Å². The quantitative estimate of drug-likeness (QED) is 0.334. The molecular formula is C24H18N8O3. The van der Waals surface area contributed by atoms with E-state index < -0.39 is 17.4 Å². The van der Waals surface area contributed by atoms with E-state index in [2.05, 4.69) is 36.5 Å². The Kier molecular flexibility index (Phi) is 5.78. The average Bonchev–Trinajstić information content (AvgIpc) is 3.37. The molecular weight excluding hydrogens is 448 g/mol. The fourth-order valence-electron chi connectivity index (χ4n) is 3.47. The van der Waals surface area contributed by atoms with Crippen molar-refractivity contribution in [3.63, 3.8) is 0 Å². The molecule has 2 aromatic heterocycles. The first-order valence-electron chi connectivity index (χ1n) is 10.6. The van der Waals surface area contributed by atoms with Crippen LogP contribution in [-0.4, -0.2) is 42.2 Å². The number of hydrazine groups is 1. The highest BCUT2D eigenvalue weighted by Gasteiger charge is 2.15. The summed E-state index contributed by atoms with van der Waals surface area (Å²) in [5.74, 6) is -0.639. The first-order valence-corrected chi connectivity index (χ1v) is 10.6. The normalized spacial score (nSPS) is 10.7. The topological polar surface area (TPSA) is 148 Å². The van der Waals surface area contributed by atoms with Gasteiger partial charge in [-0.15, -0.1) is 10.2 Å². The second kappa shape index (κ2) is 9.35. The largest absolute Gasteiger partial charge is 0.290 e. The van der Waals surface area contributed by atoms with Crippen LogP contribution in [0.3, 0.4) is 0 Å². The summed E-state index contributed by atoms with van der Waals surface area (Å²) in [5.41, 5.74) is 6.35. The highest BCUT2D eigenvalue weighted by atomic mass is 16.2. The predicted octanol–water partition coefficient (Wildman–Crippen LogP) is 1.70. The van der Waals surface area contributed by atoms with E-state index >= 15 is 0 Å². The van der Waals surface area contributed by atoms with Gasteiger partial charge in [0.05, 0.1) is 11.9 Å². The number of hydrogen-bond acceptors (Lipinski definition) is 7. The Balaban J connectivity index is 1.21. The standard InChI is InChI=1S/C24H18N8O3/c33-22(27-29-24(35)20-18-8-4-5-9-19(18)23(34)28-25-20)17-12-10-15(11-13-17)14-32-30-21(26-31-32)16-6-2-1-3-7-16/h1-13H,14H2,(H,27,33)(H,28,34)(H,29,35). The number of nitrogens with one attached hydrogen (secondary N) is 3. The summed E-state index contributed by atoms with van der Waals surface area (Å²) < 4.78 is 0. The van der Waals surface area contributed by atoms with Gasteiger partial charge in [0.2, 0.25) is 5.82 Å². The zero-order valence-electron chi connectivity index (χ0n) is 18.2. The third-order valence-corrected chi connectivity index (χ3v) is 5.23. The second-order valence-corrected chi connectivity index (χ2v) is 7.56. The molecule has 172 valence electrons. The molecule has 0 atom stereocenters. The van der Waals surface area contributed by atoms with E-state index in [1.165, 1.54) is 4.80 Å². The Morgan fingerprint density at radius 3 is 2.29 bits per heavy atom. The Morgan fingerprint density at radius 2 is 1.51 bits per heavy atom. The van der Waals surface area contributed by atoms with E-state index in [1.807, 2.05) is 30.3 Å². The van der Waals surface area contributed by atoms with E-state index in [1.54, 1.807) is 48.5 Å². The molecule has 0 saturated heterocycles. The zero-order valence-corrected chi connectivity index (χ0v) is 18.2. The number of aromatic nitrogens is 6. The predicted molar refractivity (Wildman–Crippen MR) is 126 cm³/mol. The van der Waals surface area contributed by atoms with Crippen LogP contribution in [0.2, 0.25) is 0 Å². The summed E-state index contributed by atoms with van der Waals surface area (Å²) >= 11 is 0. The second-order valence-electron chi connectivity index (χ2n) is 7.56. The molecule has 0 spiro atoms. The molecule has 11 heteroatoms. The third kappa shape index (κ3) is 4.64. The number of aromatic amines is 1. The van der Waals surface area contributed by atoms with Crippen LogP contribution in [0.1, 0.15) is 26.4 Å². The molecule has 2 amide bonds. The molecule has 35 heavy (non-hydrogen) atoms. The molecule has 5 rings (SSSR count). The van der Waals surface area contributed by atoms with Crippen LogP contribution in [0.15, 0.2) is 83.7 Å². The van der Waals surface area contributed by atoms with Gasteiger partial charge in [-0.1, -0.05) is 60.7 Å². The van der Waals surface area contributed by atoms with Crippen molar-refractivity contribution < 1.29 is 9.59 Å². The molecule has 3 N–H and O–H groups in total. The summed E-state index contributed by atoms with van der Waals surface area (Å²) in [6.45, 7) is 0.378. The minimum atomic E-state index is -0.658.